The molecule has 206 valence electrons. The minimum Gasteiger partial charge on any atom is -0.457 e. The summed E-state index contributed by atoms with van der Waals surface area (Å²) in [4.78, 5) is 39.2. The molecule has 0 bridgehead atoms. The quantitative estimate of drug-likeness (QED) is 0.411. The minimum atomic E-state index is -0.494. The van der Waals surface area contributed by atoms with Gasteiger partial charge in [0.15, 0.2) is 12.4 Å². The molecule has 4 saturated carbocycles. The number of rotatable bonds is 4. The van der Waals surface area contributed by atoms with E-state index in [9.17, 15) is 14.4 Å². The number of carbonyl (C=O) groups is 3. The van der Waals surface area contributed by atoms with Crippen LogP contribution >= 0.6 is 0 Å². The predicted molar refractivity (Wildman–Crippen MR) is 142 cm³/mol. The first-order valence-corrected chi connectivity index (χ1v) is 14.4. The highest BCUT2D eigenvalue weighted by Crippen LogP contribution is 2.86. The molecule has 0 aliphatic heterocycles. The number of amides is 1. The third kappa shape index (κ3) is 3.82. The molecular weight excluding hydrogens is 466 g/mol. The Labute approximate surface area is 222 Å². The number of hydrogen-bond acceptors (Lipinski definition) is 5. The zero-order valence-corrected chi connectivity index (χ0v) is 24.2. The number of ketones is 1. The maximum absolute atomic E-state index is 13.0. The molecule has 0 heterocycles. The largest absolute Gasteiger partial charge is 0.457 e. The second kappa shape index (κ2) is 8.32. The van der Waals surface area contributed by atoms with Gasteiger partial charge in [-0.05, 0) is 112 Å². The molecule has 7 atom stereocenters. The van der Waals surface area contributed by atoms with Crippen LogP contribution in [0.3, 0.4) is 0 Å². The summed E-state index contributed by atoms with van der Waals surface area (Å²) in [7, 11) is 1.93. The van der Waals surface area contributed by atoms with Crippen molar-refractivity contribution in [3.63, 3.8) is 0 Å². The summed E-state index contributed by atoms with van der Waals surface area (Å²) in [6, 6.07) is 0.180. The lowest BCUT2D eigenvalue weighted by atomic mass is 9.46. The third-order valence-corrected chi connectivity index (χ3v) is 11.7. The molecule has 0 aromatic carbocycles. The highest BCUT2D eigenvalue weighted by molar-refractivity contribution is 5.99. The number of fused-ring (bicyclic) bond motifs is 2. The van der Waals surface area contributed by atoms with Crippen LogP contribution in [0.5, 0.6) is 0 Å². The Bertz CT molecular complexity index is 1040. The normalized spacial score (nSPS) is 41.2. The zero-order valence-electron chi connectivity index (χ0n) is 24.2. The van der Waals surface area contributed by atoms with Gasteiger partial charge in [-0.3, -0.25) is 9.59 Å². The standard InChI is InChI=1S/C31H47NO5/c1-19(33)36-17-23(34)22-10-9-20-21-11-12-24-28(5,6)25(32(8)26(35)37-27(2,3)4)13-14-31(24)18-30(21,31)16-15-29(20,22)7/h10,20-21,24-25H,9,11-18H2,1-8H3/t20?,21-,24?,25-,29-,30-,31+/m0/s1. The minimum absolute atomic E-state index is 0.0119. The second-order valence-electron chi connectivity index (χ2n) is 14.8. The molecule has 5 aliphatic carbocycles. The number of nitrogens with zero attached hydrogens (tertiary/aromatic N) is 1. The van der Waals surface area contributed by atoms with Crippen molar-refractivity contribution in [1.82, 2.24) is 4.90 Å². The van der Waals surface area contributed by atoms with Gasteiger partial charge in [0.1, 0.15) is 5.60 Å². The van der Waals surface area contributed by atoms with Crippen molar-refractivity contribution in [2.75, 3.05) is 13.7 Å². The summed E-state index contributed by atoms with van der Waals surface area (Å²) in [6.07, 6.45) is 11.1. The summed E-state index contributed by atoms with van der Waals surface area (Å²) in [6.45, 7) is 14.1. The van der Waals surface area contributed by atoms with Crippen molar-refractivity contribution in [2.24, 2.45) is 39.4 Å². The molecule has 0 aromatic rings. The van der Waals surface area contributed by atoms with Gasteiger partial charge in [-0.2, -0.15) is 0 Å². The van der Waals surface area contributed by atoms with Crippen molar-refractivity contribution in [3.05, 3.63) is 11.6 Å². The van der Waals surface area contributed by atoms with Crippen LogP contribution in [0.15, 0.2) is 11.6 Å². The lowest BCUT2D eigenvalue weighted by molar-refractivity contribution is -0.145. The number of Topliss-reactive ketones (excluding diaryl/α,β-unsaturated/α-hetero) is 1. The van der Waals surface area contributed by atoms with Crippen LogP contribution in [0.1, 0.15) is 99.8 Å². The van der Waals surface area contributed by atoms with Gasteiger partial charge in [-0.1, -0.05) is 26.8 Å². The van der Waals surface area contributed by atoms with Crippen molar-refractivity contribution >= 4 is 17.8 Å². The number of allylic oxidation sites excluding steroid dienone is 1. The molecule has 5 rings (SSSR count). The highest BCUT2D eigenvalue weighted by atomic mass is 16.6. The summed E-state index contributed by atoms with van der Waals surface area (Å²) < 4.78 is 10.8. The fourth-order valence-corrected chi connectivity index (χ4v) is 10.3. The Morgan fingerprint density at radius 1 is 1.00 bits per heavy atom. The van der Waals surface area contributed by atoms with E-state index in [2.05, 4.69) is 26.8 Å². The maximum Gasteiger partial charge on any atom is 0.410 e. The van der Waals surface area contributed by atoms with Gasteiger partial charge in [-0.25, -0.2) is 4.79 Å². The zero-order chi connectivity index (χ0) is 27.2. The summed E-state index contributed by atoms with van der Waals surface area (Å²) in [5.74, 6) is 1.34. The van der Waals surface area contributed by atoms with E-state index in [0.717, 1.165) is 24.8 Å². The fourth-order valence-electron chi connectivity index (χ4n) is 10.3. The lowest BCUT2D eigenvalue weighted by Crippen LogP contribution is -2.58. The molecule has 6 heteroatoms. The van der Waals surface area contributed by atoms with Gasteiger partial charge in [0.05, 0.1) is 0 Å². The van der Waals surface area contributed by atoms with Crippen molar-refractivity contribution in [2.45, 2.75) is 111 Å². The van der Waals surface area contributed by atoms with Crippen molar-refractivity contribution < 1.29 is 23.9 Å². The molecule has 37 heavy (non-hydrogen) atoms. The van der Waals surface area contributed by atoms with Gasteiger partial charge >= 0.3 is 12.1 Å². The third-order valence-electron chi connectivity index (χ3n) is 11.7. The average Bonchev–Trinajstić information content (AvgIpc) is 3.31. The van der Waals surface area contributed by atoms with Gasteiger partial charge in [-0.15, -0.1) is 0 Å². The summed E-state index contributed by atoms with van der Waals surface area (Å²) in [5.41, 5.74) is 1.09. The van der Waals surface area contributed by atoms with Crippen LogP contribution < -0.4 is 0 Å². The predicted octanol–water partition coefficient (Wildman–Crippen LogP) is 6.32. The second-order valence-corrected chi connectivity index (χ2v) is 14.8. The molecule has 0 radical (unpaired) electrons. The van der Waals surface area contributed by atoms with E-state index in [0.29, 0.717) is 28.6 Å². The van der Waals surface area contributed by atoms with E-state index in [4.69, 9.17) is 9.47 Å². The van der Waals surface area contributed by atoms with Crippen LogP contribution in [0, 0.1) is 39.4 Å². The Balaban J connectivity index is 1.34. The van der Waals surface area contributed by atoms with E-state index in [1.807, 2.05) is 32.7 Å². The molecule has 0 N–H and O–H groups in total. The molecule has 0 aromatic heterocycles. The van der Waals surface area contributed by atoms with Crippen LogP contribution in [-0.4, -0.2) is 48.0 Å². The van der Waals surface area contributed by atoms with Crippen LogP contribution in [0.25, 0.3) is 0 Å². The maximum atomic E-state index is 13.0. The van der Waals surface area contributed by atoms with E-state index < -0.39 is 11.6 Å². The van der Waals surface area contributed by atoms with Crippen LogP contribution in [0.2, 0.25) is 0 Å². The first-order chi connectivity index (χ1) is 17.1. The Hall–Kier alpha value is -1.85. The van der Waals surface area contributed by atoms with Crippen molar-refractivity contribution in [3.8, 4) is 0 Å². The number of ether oxygens (including phenoxy) is 2. The Morgan fingerprint density at radius 2 is 1.70 bits per heavy atom. The first kappa shape index (κ1) is 26.7. The Kier molecular flexibility index (Phi) is 6.02. The molecule has 0 saturated heterocycles. The van der Waals surface area contributed by atoms with E-state index in [1.54, 1.807) is 0 Å². The summed E-state index contributed by atoms with van der Waals surface area (Å²) >= 11 is 0. The molecule has 4 fully saturated rings. The van der Waals surface area contributed by atoms with Crippen molar-refractivity contribution in [1.29, 1.82) is 0 Å². The van der Waals surface area contributed by atoms with Crippen LogP contribution in [-0.2, 0) is 19.1 Å². The molecule has 2 unspecified atom stereocenters. The topological polar surface area (TPSA) is 72.9 Å². The number of hydrogen-bond donors (Lipinski definition) is 0. The smallest absolute Gasteiger partial charge is 0.410 e. The van der Waals surface area contributed by atoms with Gasteiger partial charge in [0.25, 0.3) is 0 Å². The molecule has 5 aliphatic rings. The van der Waals surface area contributed by atoms with Gasteiger partial charge in [0.2, 0.25) is 0 Å². The highest BCUT2D eigenvalue weighted by Gasteiger charge is 2.80. The molecule has 1 amide bonds. The van der Waals surface area contributed by atoms with E-state index in [-0.39, 0.29) is 35.4 Å². The van der Waals surface area contributed by atoms with E-state index in [1.165, 1.54) is 39.0 Å². The fraction of sp³-hybridized carbons (Fsp3) is 0.839. The van der Waals surface area contributed by atoms with Gasteiger partial charge < -0.3 is 14.4 Å². The monoisotopic (exact) mass is 513 g/mol. The molecule has 6 nitrogen and oxygen atoms in total. The first-order valence-electron chi connectivity index (χ1n) is 14.4. The average molecular weight is 514 g/mol. The molecular formula is C31H47NO5. The van der Waals surface area contributed by atoms with E-state index >= 15 is 0 Å². The SMILES string of the molecule is CC(=O)OCC(=O)C1=CCC2[C@@H]3CCC4C(C)(C)[C@@H](N(C)C(=O)OC(C)(C)C)CC[C@@]45C[C@@]35CC[C@]12C. The van der Waals surface area contributed by atoms with Crippen LogP contribution in [0.4, 0.5) is 4.79 Å². The lowest BCUT2D eigenvalue weighted by Gasteiger charge is -2.60. The summed E-state index contributed by atoms with van der Waals surface area (Å²) in [5, 5.41) is 0. The molecule has 2 spiro atoms. The Morgan fingerprint density at radius 3 is 2.35 bits per heavy atom. The van der Waals surface area contributed by atoms with Gasteiger partial charge in [0, 0.05) is 25.6 Å². The number of carbonyl (C=O) groups excluding carboxylic acids is 3. The number of esters is 1.